The van der Waals surface area contributed by atoms with Crippen LogP contribution in [0.4, 0.5) is 0 Å². The van der Waals surface area contributed by atoms with Gasteiger partial charge in [0.15, 0.2) is 0 Å². The zero-order valence-corrected chi connectivity index (χ0v) is 12.1. The van der Waals surface area contributed by atoms with Gasteiger partial charge in [0.05, 0.1) is 6.54 Å². The highest BCUT2D eigenvalue weighted by molar-refractivity contribution is 5.21. The van der Waals surface area contributed by atoms with Gasteiger partial charge < -0.3 is 9.73 Å². The first-order valence-electron chi connectivity index (χ1n) is 7.15. The molecular formula is C15H26N2O. The van der Waals surface area contributed by atoms with Gasteiger partial charge in [-0.3, -0.25) is 4.90 Å². The van der Waals surface area contributed by atoms with Crippen LogP contribution in [0.2, 0.25) is 0 Å². The fraction of sp³-hybridized carbons (Fsp3) is 0.733. The normalized spacial score (nSPS) is 15.9. The van der Waals surface area contributed by atoms with E-state index in [1.807, 2.05) is 0 Å². The molecule has 1 aliphatic rings. The van der Waals surface area contributed by atoms with Crippen molar-refractivity contribution in [3.8, 4) is 0 Å². The molecule has 18 heavy (non-hydrogen) atoms. The predicted octanol–water partition coefficient (Wildman–Crippen LogP) is 3.07. The fourth-order valence-electron chi connectivity index (χ4n) is 2.29. The highest BCUT2D eigenvalue weighted by Gasteiger charge is 2.28. The Morgan fingerprint density at radius 1 is 1.44 bits per heavy atom. The fourth-order valence-corrected chi connectivity index (χ4v) is 2.29. The molecule has 0 saturated heterocycles. The summed E-state index contributed by atoms with van der Waals surface area (Å²) in [5, 5.41) is 3.44. The number of aryl methyl sites for hydroxylation is 1. The number of nitrogens with one attached hydrogen (secondary N) is 1. The minimum Gasteiger partial charge on any atom is -0.465 e. The average molecular weight is 250 g/mol. The van der Waals surface area contributed by atoms with E-state index in [4.69, 9.17) is 4.42 Å². The average Bonchev–Trinajstić information content (AvgIpc) is 3.09. The Hall–Kier alpha value is -0.800. The molecule has 1 N–H and O–H groups in total. The molecule has 0 amide bonds. The van der Waals surface area contributed by atoms with Gasteiger partial charge in [-0.05, 0) is 32.4 Å². The van der Waals surface area contributed by atoms with E-state index >= 15 is 0 Å². The van der Waals surface area contributed by atoms with Crippen molar-refractivity contribution in [1.29, 1.82) is 0 Å². The highest BCUT2D eigenvalue weighted by atomic mass is 16.3. The van der Waals surface area contributed by atoms with Gasteiger partial charge in [-0.25, -0.2) is 0 Å². The summed E-state index contributed by atoms with van der Waals surface area (Å²) in [6.45, 7) is 11.6. The summed E-state index contributed by atoms with van der Waals surface area (Å²) < 4.78 is 5.88. The molecule has 0 aliphatic heterocycles. The van der Waals surface area contributed by atoms with Gasteiger partial charge in [-0.1, -0.05) is 20.8 Å². The summed E-state index contributed by atoms with van der Waals surface area (Å²) in [6, 6.07) is 3.54. The third-order valence-corrected chi connectivity index (χ3v) is 3.60. The Labute approximate surface area is 111 Å². The molecular weight excluding hydrogens is 224 g/mol. The van der Waals surface area contributed by atoms with Crippen LogP contribution in [-0.2, 0) is 13.1 Å². The minimum absolute atomic E-state index is 0.515. The van der Waals surface area contributed by atoms with E-state index in [1.54, 1.807) is 0 Å². The number of furan rings is 1. The minimum atomic E-state index is 0.515. The second-order valence-electron chi connectivity index (χ2n) is 5.62. The van der Waals surface area contributed by atoms with E-state index in [2.05, 4.69) is 44.0 Å². The molecule has 3 nitrogen and oxygen atoms in total. The summed E-state index contributed by atoms with van der Waals surface area (Å²) in [6.07, 6.45) is 2.71. The van der Waals surface area contributed by atoms with Crippen molar-refractivity contribution < 1.29 is 4.42 Å². The van der Waals surface area contributed by atoms with E-state index < -0.39 is 0 Å². The lowest BCUT2D eigenvalue weighted by molar-refractivity contribution is 0.244. The SMILES string of the molecule is CCN(Cc1cc(CNC(C)C)c(C)o1)C1CC1. The van der Waals surface area contributed by atoms with Crippen LogP contribution < -0.4 is 5.32 Å². The monoisotopic (exact) mass is 250 g/mol. The van der Waals surface area contributed by atoms with Crippen LogP contribution >= 0.6 is 0 Å². The van der Waals surface area contributed by atoms with Crippen LogP contribution in [0.3, 0.4) is 0 Å². The van der Waals surface area contributed by atoms with Crippen molar-refractivity contribution in [2.75, 3.05) is 6.54 Å². The molecule has 0 aromatic carbocycles. The van der Waals surface area contributed by atoms with Gasteiger partial charge in [0.25, 0.3) is 0 Å². The number of nitrogens with zero attached hydrogens (tertiary/aromatic N) is 1. The second kappa shape index (κ2) is 5.89. The Morgan fingerprint density at radius 2 is 2.17 bits per heavy atom. The molecule has 1 saturated carbocycles. The second-order valence-corrected chi connectivity index (χ2v) is 5.62. The van der Waals surface area contributed by atoms with Gasteiger partial charge in [0.1, 0.15) is 11.5 Å². The van der Waals surface area contributed by atoms with E-state index in [1.165, 1.54) is 18.4 Å². The topological polar surface area (TPSA) is 28.4 Å². The molecule has 0 radical (unpaired) electrons. The Bertz CT molecular complexity index is 380. The van der Waals surface area contributed by atoms with E-state index in [-0.39, 0.29) is 0 Å². The van der Waals surface area contributed by atoms with Crippen molar-refractivity contribution in [2.45, 2.75) is 65.7 Å². The first-order chi connectivity index (χ1) is 8.60. The number of hydrogen-bond donors (Lipinski definition) is 1. The predicted molar refractivity (Wildman–Crippen MR) is 74.5 cm³/mol. The van der Waals surface area contributed by atoms with Gasteiger partial charge in [-0.2, -0.15) is 0 Å². The molecule has 0 spiro atoms. The van der Waals surface area contributed by atoms with Crippen LogP contribution in [0.1, 0.15) is 50.7 Å². The molecule has 2 rings (SSSR count). The Morgan fingerprint density at radius 3 is 2.72 bits per heavy atom. The molecule has 1 heterocycles. The number of hydrogen-bond acceptors (Lipinski definition) is 3. The standard InChI is InChI=1S/C15H26N2O/c1-5-17(14-6-7-14)10-15-8-13(12(4)18-15)9-16-11(2)3/h8,11,14,16H,5-7,9-10H2,1-4H3. The molecule has 1 aromatic rings. The lowest BCUT2D eigenvalue weighted by Gasteiger charge is -2.17. The largest absolute Gasteiger partial charge is 0.465 e. The maximum atomic E-state index is 5.88. The molecule has 1 aliphatic carbocycles. The Balaban J connectivity index is 1.94. The van der Waals surface area contributed by atoms with Gasteiger partial charge in [-0.15, -0.1) is 0 Å². The molecule has 3 heteroatoms. The van der Waals surface area contributed by atoms with Crippen LogP contribution in [-0.4, -0.2) is 23.5 Å². The molecule has 102 valence electrons. The van der Waals surface area contributed by atoms with Crippen molar-refractivity contribution in [1.82, 2.24) is 10.2 Å². The lowest BCUT2D eigenvalue weighted by Crippen LogP contribution is -2.24. The lowest BCUT2D eigenvalue weighted by atomic mass is 10.2. The quantitative estimate of drug-likeness (QED) is 0.806. The maximum absolute atomic E-state index is 5.88. The molecule has 0 unspecified atom stereocenters. The van der Waals surface area contributed by atoms with Gasteiger partial charge >= 0.3 is 0 Å². The van der Waals surface area contributed by atoms with Crippen LogP contribution in [0.15, 0.2) is 10.5 Å². The van der Waals surface area contributed by atoms with E-state index in [0.29, 0.717) is 6.04 Å². The van der Waals surface area contributed by atoms with Gasteiger partial charge in [0.2, 0.25) is 0 Å². The smallest absolute Gasteiger partial charge is 0.118 e. The van der Waals surface area contributed by atoms with E-state index in [0.717, 1.165) is 37.2 Å². The zero-order chi connectivity index (χ0) is 13.1. The summed E-state index contributed by atoms with van der Waals surface area (Å²) in [4.78, 5) is 2.51. The molecule has 0 bridgehead atoms. The summed E-state index contributed by atoms with van der Waals surface area (Å²) >= 11 is 0. The van der Waals surface area contributed by atoms with Crippen molar-refractivity contribution in [3.63, 3.8) is 0 Å². The third kappa shape index (κ3) is 3.59. The number of rotatable bonds is 7. The van der Waals surface area contributed by atoms with Crippen LogP contribution in [0, 0.1) is 6.92 Å². The van der Waals surface area contributed by atoms with Crippen LogP contribution in [0.5, 0.6) is 0 Å². The molecule has 1 aromatic heterocycles. The van der Waals surface area contributed by atoms with Crippen molar-refractivity contribution in [2.24, 2.45) is 0 Å². The van der Waals surface area contributed by atoms with Crippen molar-refractivity contribution >= 4 is 0 Å². The van der Waals surface area contributed by atoms with Crippen molar-refractivity contribution in [3.05, 3.63) is 23.2 Å². The highest BCUT2D eigenvalue weighted by Crippen LogP contribution is 2.28. The van der Waals surface area contributed by atoms with Crippen LogP contribution in [0.25, 0.3) is 0 Å². The van der Waals surface area contributed by atoms with E-state index in [9.17, 15) is 0 Å². The first-order valence-corrected chi connectivity index (χ1v) is 7.15. The first kappa shape index (κ1) is 13.6. The summed E-state index contributed by atoms with van der Waals surface area (Å²) in [7, 11) is 0. The van der Waals surface area contributed by atoms with Gasteiger partial charge in [0, 0.05) is 24.2 Å². The summed E-state index contributed by atoms with van der Waals surface area (Å²) in [5.41, 5.74) is 1.30. The zero-order valence-electron chi connectivity index (χ0n) is 12.1. The Kier molecular flexibility index (Phi) is 4.46. The third-order valence-electron chi connectivity index (χ3n) is 3.60. The molecule has 0 atom stereocenters. The molecule has 1 fully saturated rings. The maximum Gasteiger partial charge on any atom is 0.118 e. The summed E-state index contributed by atoms with van der Waals surface area (Å²) in [5.74, 6) is 2.17.